The molecule has 2 aliphatic heterocycles. The molecule has 0 radical (unpaired) electrons. The van der Waals surface area contributed by atoms with Crippen molar-refractivity contribution in [3.05, 3.63) is 54.4 Å². The van der Waals surface area contributed by atoms with E-state index in [1.807, 2.05) is 24.4 Å². The summed E-state index contributed by atoms with van der Waals surface area (Å²) in [5.74, 6) is 0.172. The molecule has 1 fully saturated rings. The summed E-state index contributed by atoms with van der Waals surface area (Å²) in [5.41, 5.74) is 5.03. The van der Waals surface area contributed by atoms with Gasteiger partial charge in [-0.2, -0.15) is 0 Å². The van der Waals surface area contributed by atoms with Crippen molar-refractivity contribution in [2.75, 3.05) is 29.5 Å². The summed E-state index contributed by atoms with van der Waals surface area (Å²) in [4.78, 5) is 16.0. The highest BCUT2D eigenvalue weighted by atomic mass is 32.2. The number of nitrogens with one attached hydrogen (secondary N) is 2. The molecule has 0 unspecified atom stereocenters. The van der Waals surface area contributed by atoms with Gasteiger partial charge in [0, 0.05) is 48.3 Å². The van der Waals surface area contributed by atoms with Crippen LogP contribution in [0.5, 0.6) is 0 Å². The number of carbonyl (C=O) groups is 1. The van der Waals surface area contributed by atoms with Crippen molar-refractivity contribution in [2.24, 2.45) is 0 Å². The Morgan fingerprint density at radius 1 is 1.12 bits per heavy atom. The average molecular weight is 451 g/mol. The van der Waals surface area contributed by atoms with Gasteiger partial charge in [-0.05, 0) is 72.2 Å². The number of fused-ring (bicyclic) bond motifs is 2. The molecule has 3 heterocycles. The second-order valence-corrected chi connectivity index (χ2v) is 10.7. The van der Waals surface area contributed by atoms with Gasteiger partial charge in [0.15, 0.2) is 0 Å². The molecule has 0 aliphatic carbocycles. The summed E-state index contributed by atoms with van der Waals surface area (Å²) in [6.45, 7) is 2.76. The Bertz CT molecular complexity index is 1300. The molecule has 32 heavy (non-hydrogen) atoms. The summed E-state index contributed by atoms with van der Waals surface area (Å²) in [7, 11) is -3.14. The number of hydrogen-bond donors (Lipinski definition) is 2. The van der Waals surface area contributed by atoms with Crippen LogP contribution in [0.4, 0.5) is 11.4 Å². The van der Waals surface area contributed by atoms with Crippen molar-refractivity contribution in [3.63, 3.8) is 0 Å². The maximum absolute atomic E-state index is 12.2. The van der Waals surface area contributed by atoms with E-state index in [2.05, 4.69) is 33.8 Å². The SMILES string of the molecule is CCS(=O)(=O)N1CCC(Nc2cc(-c3ccc4c(c3)CC(=O)N4)cc3ccncc23)CC1. The zero-order valence-corrected chi connectivity index (χ0v) is 18.8. The zero-order valence-electron chi connectivity index (χ0n) is 18.0. The Morgan fingerprint density at radius 3 is 2.72 bits per heavy atom. The highest BCUT2D eigenvalue weighted by Gasteiger charge is 2.27. The van der Waals surface area contributed by atoms with E-state index in [9.17, 15) is 13.2 Å². The Labute approximate surface area is 187 Å². The lowest BCUT2D eigenvalue weighted by Gasteiger charge is -2.32. The number of hydrogen-bond acceptors (Lipinski definition) is 5. The molecule has 1 amide bonds. The monoisotopic (exact) mass is 450 g/mol. The van der Waals surface area contributed by atoms with Crippen LogP contribution in [-0.2, 0) is 21.2 Å². The lowest BCUT2D eigenvalue weighted by molar-refractivity contribution is -0.115. The molecule has 1 aromatic heterocycles. The topological polar surface area (TPSA) is 91.4 Å². The van der Waals surface area contributed by atoms with Crippen LogP contribution in [0.2, 0.25) is 0 Å². The number of benzene rings is 2. The van der Waals surface area contributed by atoms with Crippen molar-refractivity contribution in [1.82, 2.24) is 9.29 Å². The highest BCUT2D eigenvalue weighted by molar-refractivity contribution is 7.89. The second kappa shape index (κ2) is 8.18. The first-order valence-electron chi connectivity index (χ1n) is 11.0. The van der Waals surface area contributed by atoms with Gasteiger partial charge in [-0.15, -0.1) is 0 Å². The number of anilines is 2. The molecule has 2 aromatic carbocycles. The number of rotatable bonds is 5. The van der Waals surface area contributed by atoms with Crippen LogP contribution in [0.25, 0.3) is 21.9 Å². The van der Waals surface area contributed by atoms with Gasteiger partial charge in [-0.25, -0.2) is 12.7 Å². The van der Waals surface area contributed by atoms with E-state index >= 15 is 0 Å². The molecule has 3 aromatic rings. The molecule has 1 saturated heterocycles. The second-order valence-electron chi connectivity index (χ2n) is 8.44. The van der Waals surface area contributed by atoms with Gasteiger partial charge in [0.25, 0.3) is 0 Å². The van der Waals surface area contributed by atoms with Crippen LogP contribution in [0.15, 0.2) is 48.8 Å². The molecule has 2 aliphatic rings. The Hall–Kier alpha value is -2.97. The van der Waals surface area contributed by atoms with E-state index in [0.29, 0.717) is 19.5 Å². The summed E-state index contributed by atoms with van der Waals surface area (Å²) in [5, 5.41) is 8.66. The predicted octanol–water partition coefficient (Wildman–Crippen LogP) is 3.62. The van der Waals surface area contributed by atoms with Crippen LogP contribution in [0, 0.1) is 0 Å². The number of carbonyl (C=O) groups excluding carboxylic acids is 1. The predicted molar refractivity (Wildman–Crippen MR) is 127 cm³/mol. The van der Waals surface area contributed by atoms with Gasteiger partial charge in [-0.3, -0.25) is 9.78 Å². The van der Waals surface area contributed by atoms with Crippen molar-refractivity contribution in [1.29, 1.82) is 0 Å². The first-order chi connectivity index (χ1) is 15.4. The molecule has 0 atom stereocenters. The fraction of sp³-hybridized carbons (Fsp3) is 0.333. The summed E-state index contributed by atoms with van der Waals surface area (Å²) >= 11 is 0. The van der Waals surface area contributed by atoms with E-state index in [4.69, 9.17) is 0 Å². The molecule has 2 N–H and O–H groups in total. The smallest absolute Gasteiger partial charge is 0.228 e. The molecular weight excluding hydrogens is 424 g/mol. The van der Waals surface area contributed by atoms with Crippen LogP contribution in [0.1, 0.15) is 25.3 Å². The fourth-order valence-corrected chi connectivity index (χ4v) is 5.71. The van der Waals surface area contributed by atoms with Gasteiger partial charge in [0.2, 0.25) is 15.9 Å². The lowest BCUT2D eigenvalue weighted by atomic mass is 9.97. The Balaban J connectivity index is 1.44. The molecule has 5 rings (SSSR count). The first-order valence-corrected chi connectivity index (χ1v) is 12.6. The average Bonchev–Trinajstić information content (AvgIpc) is 3.18. The minimum atomic E-state index is -3.14. The lowest BCUT2D eigenvalue weighted by Crippen LogP contribution is -2.42. The molecular formula is C24H26N4O3S. The third-order valence-corrected chi connectivity index (χ3v) is 8.27. The number of amides is 1. The number of piperidine rings is 1. The van der Waals surface area contributed by atoms with Crippen molar-refractivity contribution in [3.8, 4) is 11.1 Å². The minimum absolute atomic E-state index is 0.0283. The normalized spacial score (nSPS) is 17.3. The molecule has 0 bridgehead atoms. The van der Waals surface area contributed by atoms with Crippen LogP contribution in [-0.4, -0.2) is 48.5 Å². The summed E-state index contributed by atoms with van der Waals surface area (Å²) < 4.78 is 25.9. The fourth-order valence-electron chi connectivity index (χ4n) is 4.57. The quantitative estimate of drug-likeness (QED) is 0.620. The number of sulfonamides is 1. The highest BCUT2D eigenvalue weighted by Crippen LogP contribution is 2.34. The van der Waals surface area contributed by atoms with Crippen LogP contribution in [0.3, 0.4) is 0 Å². The maximum atomic E-state index is 12.2. The van der Waals surface area contributed by atoms with Gasteiger partial charge in [0.1, 0.15) is 0 Å². The van der Waals surface area contributed by atoms with Gasteiger partial charge >= 0.3 is 0 Å². The molecule has 166 valence electrons. The van der Waals surface area contributed by atoms with Crippen LogP contribution < -0.4 is 10.6 Å². The van der Waals surface area contributed by atoms with E-state index in [1.54, 1.807) is 17.4 Å². The number of nitrogens with zero attached hydrogens (tertiary/aromatic N) is 2. The molecule has 0 spiro atoms. The number of aromatic nitrogens is 1. The maximum Gasteiger partial charge on any atom is 0.228 e. The Morgan fingerprint density at radius 2 is 1.94 bits per heavy atom. The summed E-state index contributed by atoms with van der Waals surface area (Å²) in [6, 6.07) is 12.5. The van der Waals surface area contributed by atoms with E-state index < -0.39 is 10.0 Å². The third-order valence-electron chi connectivity index (χ3n) is 6.39. The van der Waals surface area contributed by atoms with Gasteiger partial charge < -0.3 is 10.6 Å². The Kier molecular flexibility index (Phi) is 5.35. The van der Waals surface area contributed by atoms with Gasteiger partial charge in [-0.1, -0.05) is 6.07 Å². The molecule has 0 saturated carbocycles. The van der Waals surface area contributed by atoms with E-state index in [1.165, 1.54) is 0 Å². The molecule has 7 nitrogen and oxygen atoms in total. The van der Waals surface area contributed by atoms with Gasteiger partial charge in [0.05, 0.1) is 12.2 Å². The molecule has 8 heteroatoms. The van der Waals surface area contributed by atoms with Crippen molar-refractivity contribution >= 4 is 38.1 Å². The minimum Gasteiger partial charge on any atom is -0.382 e. The largest absolute Gasteiger partial charge is 0.382 e. The third kappa shape index (κ3) is 3.96. The van der Waals surface area contributed by atoms with Crippen molar-refractivity contribution < 1.29 is 13.2 Å². The van der Waals surface area contributed by atoms with E-state index in [0.717, 1.165) is 51.7 Å². The van der Waals surface area contributed by atoms with Crippen LogP contribution >= 0.6 is 0 Å². The van der Waals surface area contributed by atoms with E-state index in [-0.39, 0.29) is 17.7 Å². The summed E-state index contributed by atoms with van der Waals surface area (Å²) in [6.07, 6.45) is 5.58. The van der Waals surface area contributed by atoms with Crippen molar-refractivity contribution in [2.45, 2.75) is 32.2 Å². The zero-order chi connectivity index (χ0) is 22.3. The number of pyridine rings is 1. The first kappa shape index (κ1) is 20.9. The standard InChI is InChI=1S/C24H26N4O3S/c1-2-32(30,31)28-9-6-20(7-10-28)26-23-13-18(12-17-5-8-25-15-21(17)23)16-3-4-22-19(11-16)14-24(29)27-22/h3-5,8,11-13,15,20,26H,2,6-7,9-10,14H2,1H3,(H,27,29).